The van der Waals surface area contributed by atoms with Crippen molar-refractivity contribution < 1.29 is 9.59 Å². The molecule has 0 aromatic heterocycles. The monoisotopic (exact) mass is 372 g/mol. The molecule has 3 rings (SSSR count). The molecule has 1 fully saturated rings. The standard InChI is InChI=1S/C18H17BrN2O2/c1-12-3-5-13(6-4-12)11-21-16(22)18(2,20-17(21)23)14-7-9-15(19)10-8-14/h3-10H,11H2,1-2H3,(H,20,23). The van der Waals surface area contributed by atoms with Crippen molar-refractivity contribution >= 4 is 27.9 Å². The molecule has 5 heteroatoms. The lowest BCUT2D eigenvalue weighted by molar-refractivity contribution is -0.131. The predicted molar refractivity (Wildman–Crippen MR) is 91.8 cm³/mol. The Morgan fingerprint density at radius 1 is 1.04 bits per heavy atom. The van der Waals surface area contributed by atoms with Gasteiger partial charge >= 0.3 is 6.03 Å². The molecule has 4 nitrogen and oxygen atoms in total. The van der Waals surface area contributed by atoms with Gasteiger partial charge in [-0.25, -0.2) is 4.79 Å². The lowest BCUT2D eigenvalue weighted by Crippen LogP contribution is -2.40. The van der Waals surface area contributed by atoms with Gasteiger partial charge in [-0.1, -0.05) is 57.9 Å². The minimum absolute atomic E-state index is 0.231. The van der Waals surface area contributed by atoms with Crippen LogP contribution in [0.15, 0.2) is 53.0 Å². The highest BCUT2D eigenvalue weighted by Crippen LogP contribution is 2.30. The first-order valence-corrected chi connectivity index (χ1v) is 8.15. The van der Waals surface area contributed by atoms with Gasteiger partial charge in [0.2, 0.25) is 0 Å². The normalized spacial score (nSPS) is 20.7. The van der Waals surface area contributed by atoms with Gasteiger partial charge in [0.15, 0.2) is 0 Å². The van der Waals surface area contributed by atoms with Crippen molar-refractivity contribution in [2.45, 2.75) is 25.9 Å². The Hall–Kier alpha value is -2.14. The molecule has 0 spiro atoms. The number of hydrogen-bond acceptors (Lipinski definition) is 2. The van der Waals surface area contributed by atoms with Gasteiger partial charge in [0.1, 0.15) is 5.54 Å². The van der Waals surface area contributed by atoms with Gasteiger partial charge in [0.05, 0.1) is 6.54 Å². The summed E-state index contributed by atoms with van der Waals surface area (Å²) in [4.78, 5) is 26.4. The van der Waals surface area contributed by atoms with Gasteiger partial charge < -0.3 is 5.32 Å². The van der Waals surface area contributed by atoms with Crippen LogP contribution in [0.2, 0.25) is 0 Å². The summed E-state index contributed by atoms with van der Waals surface area (Å²) in [5.74, 6) is -0.231. The maximum absolute atomic E-state index is 12.8. The molecule has 0 saturated carbocycles. The topological polar surface area (TPSA) is 49.4 Å². The van der Waals surface area contributed by atoms with E-state index >= 15 is 0 Å². The van der Waals surface area contributed by atoms with Crippen molar-refractivity contribution in [1.29, 1.82) is 0 Å². The van der Waals surface area contributed by atoms with Crippen LogP contribution in [0.5, 0.6) is 0 Å². The highest BCUT2D eigenvalue weighted by atomic mass is 79.9. The van der Waals surface area contributed by atoms with Crippen LogP contribution in [0.3, 0.4) is 0 Å². The summed E-state index contributed by atoms with van der Waals surface area (Å²) in [6, 6.07) is 14.9. The van der Waals surface area contributed by atoms with E-state index in [4.69, 9.17) is 0 Å². The fourth-order valence-corrected chi connectivity index (χ4v) is 2.96. The van der Waals surface area contributed by atoms with Crippen LogP contribution in [0, 0.1) is 6.92 Å². The van der Waals surface area contributed by atoms with E-state index in [1.165, 1.54) is 4.90 Å². The van der Waals surface area contributed by atoms with Crippen LogP contribution in [0.4, 0.5) is 4.79 Å². The summed E-state index contributed by atoms with van der Waals surface area (Å²) in [7, 11) is 0. The van der Waals surface area contributed by atoms with E-state index in [2.05, 4.69) is 21.2 Å². The molecular formula is C18H17BrN2O2. The number of halogens is 1. The van der Waals surface area contributed by atoms with Crippen LogP contribution in [0.25, 0.3) is 0 Å². The van der Waals surface area contributed by atoms with E-state index in [-0.39, 0.29) is 18.5 Å². The van der Waals surface area contributed by atoms with E-state index < -0.39 is 5.54 Å². The number of benzene rings is 2. The maximum atomic E-state index is 12.8. The molecule has 118 valence electrons. The zero-order valence-electron chi connectivity index (χ0n) is 13.0. The highest BCUT2D eigenvalue weighted by Gasteiger charge is 2.48. The van der Waals surface area contributed by atoms with Crippen LogP contribution in [-0.2, 0) is 16.9 Å². The first-order valence-electron chi connectivity index (χ1n) is 7.36. The number of carbonyl (C=O) groups excluding carboxylic acids is 2. The predicted octanol–water partition coefficient (Wildman–Crippen LogP) is 3.72. The molecule has 23 heavy (non-hydrogen) atoms. The van der Waals surface area contributed by atoms with Crippen molar-refractivity contribution in [1.82, 2.24) is 10.2 Å². The van der Waals surface area contributed by atoms with E-state index in [1.54, 1.807) is 6.92 Å². The third kappa shape index (κ3) is 2.88. The molecule has 0 radical (unpaired) electrons. The highest BCUT2D eigenvalue weighted by molar-refractivity contribution is 9.10. The Morgan fingerprint density at radius 3 is 2.26 bits per heavy atom. The molecule has 1 atom stereocenters. The van der Waals surface area contributed by atoms with E-state index in [9.17, 15) is 9.59 Å². The van der Waals surface area contributed by atoms with Gasteiger partial charge in [0, 0.05) is 4.47 Å². The zero-order valence-corrected chi connectivity index (χ0v) is 14.6. The average Bonchev–Trinajstić information content (AvgIpc) is 2.74. The fraction of sp³-hybridized carbons (Fsp3) is 0.222. The summed E-state index contributed by atoms with van der Waals surface area (Å²) in [5, 5.41) is 2.82. The minimum Gasteiger partial charge on any atom is -0.319 e. The molecule has 2 aromatic rings. The summed E-state index contributed by atoms with van der Waals surface area (Å²) in [6.07, 6.45) is 0. The van der Waals surface area contributed by atoms with Crippen molar-refractivity contribution in [3.63, 3.8) is 0 Å². The van der Waals surface area contributed by atoms with Gasteiger partial charge in [-0.15, -0.1) is 0 Å². The van der Waals surface area contributed by atoms with Gasteiger partial charge in [-0.2, -0.15) is 0 Å². The second-order valence-corrected chi connectivity index (χ2v) is 6.85. The lowest BCUT2D eigenvalue weighted by Gasteiger charge is -2.22. The van der Waals surface area contributed by atoms with E-state index in [0.29, 0.717) is 0 Å². The fourth-order valence-electron chi connectivity index (χ4n) is 2.70. The lowest BCUT2D eigenvalue weighted by atomic mass is 9.92. The Labute approximate surface area is 143 Å². The second-order valence-electron chi connectivity index (χ2n) is 5.94. The quantitative estimate of drug-likeness (QED) is 0.834. The van der Waals surface area contributed by atoms with Crippen molar-refractivity contribution in [3.05, 3.63) is 69.7 Å². The van der Waals surface area contributed by atoms with Crippen LogP contribution < -0.4 is 5.32 Å². The van der Waals surface area contributed by atoms with E-state index in [0.717, 1.165) is 21.2 Å². The van der Waals surface area contributed by atoms with E-state index in [1.807, 2.05) is 55.5 Å². The van der Waals surface area contributed by atoms with Crippen LogP contribution >= 0.6 is 15.9 Å². The zero-order chi connectivity index (χ0) is 16.6. The first kappa shape index (κ1) is 15.7. The molecule has 1 aliphatic heterocycles. The molecule has 1 aliphatic rings. The molecule has 0 aliphatic carbocycles. The van der Waals surface area contributed by atoms with Gasteiger partial charge in [-0.3, -0.25) is 9.69 Å². The summed E-state index contributed by atoms with van der Waals surface area (Å²) < 4.78 is 0.929. The SMILES string of the molecule is Cc1ccc(CN2C(=O)NC(C)(c3ccc(Br)cc3)C2=O)cc1. The van der Waals surface area contributed by atoms with Crippen LogP contribution in [0.1, 0.15) is 23.6 Å². The molecule has 1 heterocycles. The molecule has 1 saturated heterocycles. The largest absolute Gasteiger partial charge is 0.325 e. The number of nitrogens with zero attached hydrogens (tertiary/aromatic N) is 1. The first-order chi connectivity index (χ1) is 10.9. The van der Waals surface area contributed by atoms with Crippen LogP contribution in [-0.4, -0.2) is 16.8 Å². The van der Waals surface area contributed by atoms with Crippen molar-refractivity contribution in [2.24, 2.45) is 0 Å². The Morgan fingerprint density at radius 2 is 1.65 bits per heavy atom. The second kappa shape index (κ2) is 5.81. The smallest absolute Gasteiger partial charge is 0.319 e. The molecule has 0 bridgehead atoms. The van der Waals surface area contributed by atoms with Crippen molar-refractivity contribution in [2.75, 3.05) is 0 Å². The molecule has 2 aromatic carbocycles. The summed E-state index contributed by atoms with van der Waals surface area (Å²) in [5.41, 5.74) is 1.82. The maximum Gasteiger partial charge on any atom is 0.325 e. The summed E-state index contributed by atoms with van der Waals surface area (Å²) >= 11 is 3.38. The van der Waals surface area contributed by atoms with Gasteiger partial charge in [-0.05, 0) is 37.1 Å². The third-order valence-electron chi connectivity index (χ3n) is 4.16. The Balaban J connectivity index is 1.87. The molecule has 1 N–H and O–H groups in total. The van der Waals surface area contributed by atoms with Crippen molar-refractivity contribution in [3.8, 4) is 0 Å². The number of imide groups is 1. The van der Waals surface area contributed by atoms with Gasteiger partial charge in [0.25, 0.3) is 5.91 Å². The number of hydrogen-bond donors (Lipinski definition) is 1. The number of carbonyl (C=O) groups is 2. The Bertz CT molecular complexity index is 756. The Kier molecular flexibility index (Phi) is 3.98. The average molecular weight is 373 g/mol. The number of aryl methyl sites for hydroxylation is 1. The third-order valence-corrected chi connectivity index (χ3v) is 4.69. The minimum atomic E-state index is -1.03. The summed E-state index contributed by atoms with van der Waals surface area (Å²) in [6.45, 7) is 4.02. The number of rotatable bonds is 3. The molecular weight excluding hydrogens is 356 g/mol. The molecule has 3 amide bonds. The number of amides is 3. The molecule has 1 unspecified atom stereocenters. The number of urea groups is 1. The number of nitrogens with one attached hydrogen (secondary N) is 1.